The quantitative estimate of drug-likeness (QED) is 0.308. The third-order valence-corrected chi connectivity index (χ3v) is 2.66. The Morgan fingerprint density at radius 2 is 2.22 bits per heavy atom. The van der Waals surface area contributed by atoms with Gasteiger partial charge in [-0.1, -0.05) is 5.16 Å². The van der Waals surface area contributed by atoms with Crippen LogP contribution in [0.3, 0.4) is 0 Å². The lowest BCUT2D eigenvalue weighted by molar-refractivity contribution is 0.289. The topological polar surface area (TPSA) is 82.1 Å². The predicted molar refractivity (Wildman–Crippen MR) is 68.5 cm³/mol. The Balaban J connectivity index is 2.96. The van der Waals surface area contributed by atoms with Gasteiger partial charge in [-0.15, -0.1) is 0 Å². The van der Waals surface area contributed by atoms with Crippen LogP contribution in [0.4, 0.5) is 10.1 Å². The van der Waals surface area contributed by atoms with Crippen molar-refractivity contribution in [1.29, 1.82) is 0 Å². The molecule has 0 spiro atoms. The van der Waals surface area contributed by atoms with E-state index in [0.717, 1.165) is 0 Å². The number of oxime groups is 1. The summed E-state index contributed by atoms with van der Waals surface area (Å²) < 4.78 is 13.9. The molecule has 0 fully saturated rings. The highest BCUT2D eigenvalue weighted by molar-refractivity contribution is 5.97. The molecule has 0 heterocycles. The highest BCUT2D eigenvalue weighted by atomic mass is 19.1. The van der Waals surface area contributed by atoms with E-state index in [-0.39, 0.29) is 12.4 Å². The Bertz CT molecular complexity index is 424. The van der Waals surface area contributed by atoms with Crippen molar-refractivity contribution in [2.75, 3.05) is 24.6 Å². The summed E-state index contributed by atoms with van der Waals surface area (Å²) in [4.78, 5) is 1.82. The van der Waals surface area contributed by atoms with Crippen molar-refractivity contribution >= 4 is 11.5 Å². The molecule has 1 rings (SSSR count). The first-order chi connectivity index (χ1) is 8.63. The molecule has 6 heteroatoms. The summed E-state index contributed by atoms with van der Waals surface area (Å²) in [6.07, 6.45) is 0.579. The van der Waals surface area contributed by atoms with Gasteiger partial charge in [-0.3, -0.25) is 0 Å². The Kier molecular flexibility index (Phi) is 5.38. The number of benzene rings is 1. The van der Waals surface area contributed by atoms with E-state index in [0.29, 0.717) is 30.8 Å². The van der Waals surface area contributed by atoms with Crippen molar-refractivity contribution in [3.05, 3.63) is 29.6 Å². The maximum atomic E-state index is 13.9. The third kappa shape index (κ3) is 3.33. The fourth-order valence-electron chi connectivity index (χ4n) is 1.69. The zero-order valence-corrected chi connectivity index (χ0v) is 10.3. The molecule has 0 bridgehead atoms. The van der Waals surface area contributed by atoms with Gasteiger partial charge in [-0.2, -0.15) is 0 Å². The summed E-state index contributed by atoms with van der Waals surface area (Å²) in [7, 11) is 0. The molecule has 0 aliphatic heterocycles. The SMILES string of the molecule is CCN(CCCO)c1ccc(/C(N)=N/O)cc1F. The van der Waals surface area contributed by atoms with Crippen LogP contribution in [0.1, 0.15) is 18.9 Å². The minimum atomic E-state index is -0.432. The molecule has 0 aliphatic rings. The second kappa shape index (κ2) is 6.80. The van der Waals surface area contributed by atoms with Crippen molar-refractivity contribution in [1.82, 2.24) is 0 Å². The van der Waals surface area contributed by atoms with Gasteiger partial charge in [-0.25, -0.2) is 4.39 Å². The van der Waals surface area contributed by atoms with Gasteiger partial charge in [0.2, 0.25) is 0 Å². The Morgan fingerprint density at radius 3 is 2.72 bits per heavy atom. The summed E-state index contributed by atoms with van der Waals surface area (Å²) >= 11 is 0. The van der Waals surface area contributed by atoms with Gasteiger partial charge in [-0.05, 0) is 31.5 Å². The van der Waals surface area contributed by atoms with E-state index in [9.17, 15) is 4.39 Å². The lowest BCUT2D eigenvalue weighted by Crippen LogP contribution is -2.26. The van der Waals surface area contributed by atoms with Gasteiger partial charge in [0.25, 0.3) is 0 Å². The minimum Gasteiger partial charge on any atom is -0.409 e. The van der Waals surface area contributed by atoms with E-state index in [2.05, 4.69) is 5.16 Å². The molecule has 0 aromatic heterocycles. The first kappa shape index (κ1) is 14.2. The van der Waals surface area contributed by atoms with Crippen molar-refractivity contribution in [3.63, 3.8) is 0 Å². The Hall–Kier alpha value is -1.82. The van der Waals surface area contributed by atoms with E-state index < -0.39 is 5.82 Å². The Labute approximate surface area is 105 Å². The van der Waals surface area contributed by atoms with Crippen LogP contribution in [0.15, 0.2) is 23.4 Å². The highest BCUT2D eigenvalue weighted by Crippen LogP contribution is 2.20. The first-order valence-corrected chi connectivity index (χ1v) is 5.77. The number of halogens is 1. The van der Waals surface area contributed by atoms with E-state index in [1.807, 2.05) is 11.8 Å². The van der Waals surface area contributed by atoms with Gasteiger partial charge >= 0.3 is 0 Å². The van der Waals surface area contributed by atoms with Gasteiger partial charge in [0.15, 0.2) is 5.84 Å². The number of aliphatic hydroxyl groups is 1. The summed E-state index contributed by atoms with van der Waals surface area (Å²) in [6, 6.07) is 4.41. The molecular formula is C12H18FN3O2. The monoisotopic (exact) mass is 255 g/mol. The average molecular weight is 255 g/mol. The molecule has 4 N–H and O–H groups in total. The second-order valence-corrected chi connectivity index (χ2v) is 3.81. The molecule has 5 nitrogen and oxygen atoms in total. The van der Waals surface area contributed by atoms with Crippen LogP contribution >= 0.6 is 0 Å². The maximum Gasteiger partial charge on any atom is 0.170 e. The third-order valence-electron chi connectivity index (χ3n) is 2.66. The molecule has 1 aromatic carbocycles. The number of nitrogens with two attached hydrogens (primary N) is 1. The molecule has 0 amide bonds. The summed E-state index contributed by atoms with van der Waals surface area (Å²) in [5.41, 5.74) is 6.16. The van der Waals surface area contributed by atoms with Crippen molar-refractivity contribution in [3.8, 4) is 0 Å². The normalized spacial score (nSPS) is 11.6. The number of anilines is 1. The number of rotatable bonds is 6. The average Bonchev–Trinajstić information content (AvgIpc) is 2.40. The van der Waals surface area contributed by atoms with Gasteiger partial charge in [0.05, 0.1) is 5.69 Å². The number of hydrogen-bond donors (Lipinski definition) is 3. The van der Waals surface area contributed by atoms with Crippen LogP contribution in [0.5, 0.6) is 0 Å². The zero-order chi connectivity index (χ0) is 13.5. The molecule has 0 radical (unpaired) electrons. The lowest BCUT2D eigenvalue weighted by Gasteiger charge is -2.23. The van der Waals surface area contributed by atoms with Crippen LogP contribution < -0.4 is 10.6 Å². The van der Waals surface area contributed by atoms with E-state index >= 15 is 0 Å². The molecule has 100 valence electrons. The fourth-order valence-corrected chi connectivity index (χ4v) is 1.69. The van der Waals surface area contributed by atoms with E-state index in [1.54, 1.807) is 12.1 Å². The molecule has 0 aliphatic carbocycles. The van der Waals surface area contributed by atoms with Crippen LogP contribution in [0.25, 0.3) is 0 Å². The number of amidine groups is 1. The molecule has 0 saturated heterocycles. The van der Waals surface area contributed by atoms with Crippen LogP contribution in [-0.4, -0.2) is 35.8 Å². The van der Waals surface area contributed by atoms with Crippen molar-refractivity contribution < 1.29 is 14.7 Å². The van der Waals surface area contributed by atoms with Crippen molar-refractivity contribution in [2.45, 2.75) is 13.3 Å². The van der Waals surface area contributed by atoms with E-state index in [1.165, 1.54) is 6.07 Å². The second-order valence-electron chi connectivity index (χ2n) is 3.81. The zero-order valence-electron chi connectivity index (χ0n) is 10.3. The molecular weight excluding hydrogens is 237 g/mol. The molecule has 0 saturated carbocycles. The minimum absolute atomic E-state index is 0.0698. The highest BCUT2D eigenvalue weighted by Gasteiger charge is 2.11. The largest absolute Gasteiger partial charge is 0.409 e. The lowest BCUT2D eigenvalue weighted by atomic mass is 10.1. The summed E-state index contributed by atoms with van der Waals surface area (Å²) in [5, 5.41) is 20.1. The van der Waals surface area contributed by atoms with Crippen molar-refractivity contribution in [2.24, 2.45) is 10.9 Å². The van der Waals surface area contributed by atoms with E-state index in [4.69, 9.17) is 16.0 Å². The first-order valence-electron chi connectivity index (χ1n) is 5.77. The Morgan fingerprint density at radius 1 is 1.50 bits per heavy atom. The molecule has 0 unspecified atom stereocenters. The molecule has 18 heavy (non-hydrogen) atoms. The van der Waals surface area contributed by atoms with Gasteiger partial charge in [0, 0.05) is 25.3 Å². The summed E-state index contributed by atoms with van der Waals surface area (Å²) in [5.74, 6) is -0.558. The van der Waals surface area contributed by atoms with Crippen LogP contribution in [-0.2, 0) is 0 Å². The van der Waals surface area contributed by atoms with Gasteiger partial charge < -0.3 is 20.9 Å². The molecule has 1 aromatic rings. The fraction of sp³-hybridized carbons (Fsp3) is 0.417. The van der Waals surface area contributed by atoms with Crippen LogP contribution in [0.2, 0.25) is 0 Å². The predicted octanol–water partition coefficient (Wildman–Crippen LogP) is 1.13. The number of aliphatic hydroxyl groups excluding tert-OH is 1. The van der Waals surface area contributed by atoms with Gasteiger partial charge in [0.1, 0.15) is 5.82 Å². The number of hydrogen-bond acceptors (Lipinski definition) is 4. The number of nitrogens with zero attached hydrogens (tertiary/aromatic N) is 2. The molecule has 0 atom stereocenters. The van der Waals surface area contributed by atoms with Crippen LogP contribution in [0, 0.1) is 5.82 Å². The summed E-state index contributed by atoms with van der Waals surface area (Å²) in [6.45, 7) is 3.20. The smallest absolute Gasteiger partial charge is 0.170 e. The maximum absolute atomic E-state index is 13.9. The standard InChI is InChI=1S/C12H18FN3O2/c1-2-16(6-3-7-17)11-5-4-9(8-10(11)13)12(14)15-18/h4-5,8,17-18H,2-3,6-7H2,1H3,(H2,14,15).